The lowest BCUT2D eigenvalue weighted by Crippen LogP contribution is -2.49. The maximum atomic E-state index is 13.2. The third-order valence-electron chi connectivity index (χ3n) is 5.82. The van der Waals surface area contributed by atoms with Gasteiger partial charge in [0.1, 0.15) is 0 Å². The first-order valence-electron chi connectivity index (χ1n) is 10.3. The molecule has 0 atom stereocenters. The zero-order valence-electron chi connectivity index (χ0n) is 16.7. The Balaban J connectivity index is 1.44. The molecule has 1 saturated heterocycles. The van der Waals surface area contributed by atoms with E-state index < -0.39 is 0 Å². The predicted octanol–water partition coefficient (Wildman–Crippen LogP) is 2.13. The minimum Gasteiger partial charge on any atom is -0.385 e. The zero-order chi connectivity index (χ0) is 19.8. The smallest absolute Gasteiger partial charge is 0.274 e. The largest absolute Gasteiger partial charge is 0.385 e. The van der Waals surface area contributed by atoms with Crippen LogP contribution in [0.2, 0.25) is 0 Å². The van der Waals surface area contributed by atoms with Gasteiger partial charge in [-0.05, 0) is 55.8 Å². The predicted molar refractivity (Wildman–Crippen MR) is 112 cm³/mol. The monoisotopic (exact) mass is 390 g/mol. The van der Waals surface area contributed by atoms with Gasteiger partial charge in [-0.1, -0.05) is 6.07 Å². The van der Waals surface area contributed by atoms with Crippen molar-refractivity contribution in [3.05, 3.63) is 54.0 Å². The Hall–Kier alpha value is -2.93. The summed E-state index contributed by atoms with van der Waals surface area (Å²) in [6.45, 7) is 6.14. The molecule has 5 rings (SSSR count). The molecule has 1 N–H and O–H groups in total. The van der Waals surface area contributed by atoms with Crippen LogP contribution >= 0.6 is 0 Å². The molecule has 0 aromatic carbocycles. The second-order valence-electron chi connectivity index (χ2n) is 8.00. The van der Waals surface area contributed by atoms with Crippen molar-refractivity contribution >= 4 is 11.6 Å². The Morgan fingerprint density at radius 1 is 1.17 bits per heavy atom. The molecule has 0 radical (unpaired) electrons. The van der Waals surface area contributed by atoms with Gasteiger partial charge in [-0.2, -0.15) is 5.10 Å². The average Bonchev–Trinajstić information content (AvgIpc) is 3.53. The second kappa shape index (κ2) is 7.48. The van der Waals surface area contributed by atoms with E-state index in [4.69, 9.17) is 5.10 Å². The summed E-state index contributed by atoms with van der Waals surface area (Å²) in [6, 6.07) is 6.65. The van der Waals surface area contributed by atoms with Crippen LogP contribution in [-0.4, -0.2) is 69.2 Å². The number of aromatic nitrogens is 3. The van der Waals surface area contributed by atoms with Gasteiger partial charge in [0.05, 0.1) is 23.6 Å². The van der Waals surface area contributed by atoms with Crippen LogP contribution in [0, 0.1) is 6.92 Å². The molecule has 0 spiro atoms. The number of nitrogens with one attached hydrogen (secondary N) is 1. The van der Waals surface area contributed by atoms with Gasteiger partial charge >= 0.3 is 0 Å². The Morgan fingerprint density at radius 2 is 2.00 bits per heavy atom. The minimum absolute atomic E-state index is 0.00692. The third-order valence-corrected chi connectivity index (χ3v) is 5.82. The maximum absolute atomic E-state index is 13.2. The van der Waals surface area contributed by atoms with E-state index in [9.17, 15) is 4.79 Å². The van der Waals surface area contributed by atoms with E-state index in [1.165, 1.54) is 12.8 Å². The van der Waals surface area contributed by atoms with Crippen LogP contribution in [-0.2, 0) is 0 Å². The number of aryl methyl sites for hydroxylation is 1. The standard InChI is InChI=1S/C22H26N6O/c1-16-4-7-19(24-14-16)21-13-20(25-28(21)18-3-2-8-23-15-18)22(29)27-11-9-26(10-12-27)17-5-6-17/h2-4,7-8,13-14,17,23H,5-6,9-12,15H2,1H3. The highest BCUT2D eigenvalue weighted by atomic mass is 16.2. The van der Waals surface area contributed by atoms with Gasteiger partial charge in [-0.3, -0.25) is 14.7 Å². The van der Waals surface area contributed by atoms with Crippen molar-refractivity contribution in [1.29, 1.82) is 0 Å². The molecule has 4 heterocycles. The van der Waals surface area contributed by atoms with E-state index in [0.717, 1.165) is 54.9 Å². The van der Waals surface area contributed by atoms with Crippen molar-refractivity contribution < 1.29 is 4.79 Å². The van der Waals surface area contributed by atoms with Gasteiger partial charge in [-0.15, -0.1) is 0 Å². The molecule has 7 nitrogen and oxygen atoms in total. The van der Waals surface area contributed by atoms with Crippen molar-refractivity contribution in [3.63, 3.8) is 0 Å². The molecule has 1 aliphatic carbocycles. The molecule has 1 saturated carbocycles. The van der Waals surface area contributed by atoms with E-state index >= 15 is 0 Å². The molecule has 29 heavy (non-hydrogen) atoms. The molecule has 7 heteroatoms. The van der Waals surface area contributed by atoms with Crippen molar-refractivity contribution in [3.8, 4) is 11.4 Å². The van der Waals surface area contributed by atoms with Crippen LogP contribution in [0.4, 0.5) is 0 Å². The minimum atomic E-state index is 0.00692. The van der Waals surface area contributed by atoms with E-state index in [0.29, 0.717) is 12.2 Å². The maximum Gasteiger partial charge on any atom is 0.274 e. The molecule has 150 valence electrons. The summed E-state index contributed by atoms with van der Waals surface area (Å²) >= 11 is 0. The third kappa shape index (κ3) is 3.70. The van der Waals surface area contributed by atoms with E-state index in [1.54, 1.807) is 0 Å². The fourth-order valence-corrected chi connectivity index (χ4v) is 3.99. The van der Waals surface area contributed by atoms with Gasteiger partial charge in [0.2, 0.25) is 0 Å². The van der Waals surface area contributed by atoms with Crippen molar-refractivity contribution in [2.75, 3.05) is 32.7 Å². The van der Waals surface area contributed by atoms with E-state index in [2.05, 4.69) is 15.2 Å². The zero-order valence-corrected chi connectivity index (χ0v) is 16.7. The van der Waals surface area contributed by atoms with Gasteiger partial charge in [0.15, 0.2) is 5.69 Å². The van der Waals surface area contributed by atoms with Crippen molar-refractivity contribution in [2.24, 2.45) is 0 Å². The molecule has 2 aromatic heterocycles. The van der Waals surface area contributed by atoms with Crippen molar-refractivity contribution in [2.45, 2.75) is 25.8 Å². The van der Waals surface area contributed by atoms with Crippen LogP contribution in [0.15, 0.2) is 42.7 Å². The highest BCUT2D eigenvalue weighted by Crippen LogP contribution is 2.28. The Kier molecular flexibility index (Phi) is 4.67. The first-order valence-corrected chi connectivity index (χ1v) is 10.3. The Morgan fingerprint density at radius 3 is 2.66 bits per heavy atom. The lowest BCUT2D eigenvalue weighted by atomic mass is 10.2. The van der Waals surface area contributed by atoms with E-state index in [1.807, 2.05) is 59.3 Å². The van der Waals surface area contributed by atoms with E-state index in [-0.39, 0.29) is 5.91 Å². The number of carbonyl (C=O) groups excluding carboxylic acids is 1. The molecular formula is C22H26N6O. The molecule has 1 amide bonds. The highest BCUT2D eigenvalue weighted by Gasteiger charge is 2.33. The topological polar surface area (TPSA) is 66.3 Å². The number of pyridine rings is 1. The summed E-state index contributed by atoms with van der Waals surface area (Å²) in [5, 5.41) is 7.92. The van der Waals surface area contributed by atoms with Gasteiger partial charge < -0.3 is 10.2 Å². The summed E-state index contributed by atoms with van der Waals surface area (Å²) in [5.74, 6) is 0.00692. The summed E-state index contributed by atoms with van der Waals surface area (Å²) in [4.78, 5) is 22.2. The lowest BCUT2D eigenvalue weighted by molar-refractivity contribution is 0.0621. The molecular weight excluding hydrogens is 364 g/mol. The first kappa shape index (κ1) is 18.1. The molecule has 2 fully saturated rings. The quantitative estimate of drug-likeness (QED) is 0.866. The summed E-state index contributed by atoms with van der Waals surface area (Å²) in [6.07, 6.45) is 10.3. The van der Waals surface area contributed by atoms with Crippen LogP contribution in [0.3, 0.4) is 0 Å². The Bertz CT molecular complexity index is 962. The number of hydrogen-bond acceptors (Lipinski definition) is 5. The average molecular weight is 390 g/mol. The highest BCUT2D eigenvalue weighted by molar-refractivity contribution is 5.93. The number of allylic oxidation sites excluding steroid dienone is 2. The van der Waals surface area contributed by atoms with Crippen LogP contribution in [0.25, 0.3) is 17.1 Å². The van der Waals surface area contributed by atoms with Crippen LogP contribution in [0.5, 0.6) is 0 Å². The number of nitrogens with zero attached hydrogens (tertiary/aromatic N) is 5. The number of hydrogen-bond donors (Lipinski definition) is 1. The van der Waals surface area contributed by atoms with Gasteiger partial charge in [0, 0.05) is 38.4 Å². The van der Waals surface area contributed by atoms with Gasteiger partial charge in [0.25, 0.3) is 5.91 Å². The fourth-order valence-electron chi connectivity index (χ4n) is 3.99. The number of carbonyl (C=O) groups is 1. The first-order chi connectivity index (χ1) is 14.2. The normalized spacial score (nSPS) is 19.8. The SMILES string of the molecule is Cc1ccc(-c2cc(C(=O)N3CCN(C4CC4)CC3)nn2C2=CC=CNC2)nc1. The van der Waals surface area contributed by atoms with Crippen LogP contribution < -0.4 is 5.32 Å². The number of rotatable bonds is 4. The molecule has 3 aliphatic rings. The van der Waals surface area contributed by atoms with Crippen molar-refractivity contribution in [1.82, 2.24) is 29.9 Å². The number of dihydropyridines is 1. The second-order valence-corrected chi connectivity index (χ2v) is 8.00. The number of piperazine rings is 1. The summed E-state index contributed by atoms with van der Waals surface area (Å²) in [7, 11) is 0. The van der Waals surface area contributed by atoms with Crippen LogP contribution in [0.1, 0.15) is 28.9 Å². The van der Waals surface area contributed by atoms with Gasteiger partial charge in [-0.25, -0.2) is 4.68 Å². The summed E-state index contributed by atoms with van der Waals surface area (Å²) < 4.78 is 1.85. The number of amides is 1. The molecule has 2 aliphatic heterocycles. The molecule has 2 aromatic rings. The summed E-state index contributed by atoms with van der Waals surface area (Å²) in [5.41, 5.74) is 4.23. The Labute approximate surface area is 170 Å². The fraction of sp³-hybridized carbons (Fsp3) is 0.409. The lowest BCUT2D eigenvalue weighted by Gasteiger charge is -2.34. The molecule has 0 unspecified atom stereocenters. The molecule has 0 bridgehead atoms.